The molecule has 0 spiro atoms. The highest BCUT2D eigenvalue weighted by molar-refractivity contribution is 5.74. The largest absolute Gasteiger partial charge is 0.496 e. The van der Waals surface area contributed by atoms with E-state index in [2.05, 4.69) is 0 Å². The van der Waals surface area contributed by atoms with E-state index in [1.807, 2.05) is 0 Å². The van der Waals surface area contributed by atoms with Crippen molar-refractivity contribution in [3.05, 3.63) is 23.3 Å². The molecule has 112 valence electrons. The van der Waals surface area contributed by atoms with Crippen LogP contribution in [0.4, 0.5) is 4.39 Å². The van der Waals surface area contributed by atoms with Crippen molar-refractivity contribution in [2.75, 3.05) is 14.2 Å². The van der Waals surface area contributed by atoms with E-state index in [0.717, 1.165) is 0 Å². The molecule has 0 heterocycles. The van der Waals surface area contributed by atoms with Gasteiger partial charge in [0.05, 0.1) is 19.6 Å². The Kier molecular flexibility index (Phi) is 4.98. The zero-order chi connectivity index (χ0) is 15.5. The molecule has 5 heteroatoms. The minimum atomic E-state index is -1.19. The lowest BCUT2D eigenvalue weighted by molar-refractivity contribution is -0.146. The molecule has 0 aromatic heterocycles. The van der Waals surface area contributed by atoms with Crippen molar-refractivity contribution in [2.45, 2.75) is 33.4 Å². The number of hydrogen-bond acceptors (Lipinski definition) is 3. The molecular formula is C15H21FO4. The predicted molar refractivity (Wildman–Crippen MR) is 74.2 cm³/mol. The van der Waals surface area contributed by atoms with Gasteiger partial charge >= 0.3 is 5.97 Å². The van der Waals surface area contributed by atoms with Crippen LogP contribution in [0.3, 0.4) is 0 Å². The molecule has 0 bridgehead atoms. The standard InChI is InChI=1S/C15H21FO4/c1-9(16)11-7-12(19-4)10(6-13(11)20-5)8-15(2,3)14(17)18/h6-7,9H,8H2,1-5H3,(H,17,18). The molecule has 1 aromatic rings. The SMILES string of the molecule is COc1cc(C(C)F)c(OC)cc1CC(C)(C)C(=O)O. The van der Waals surface area contributed by atoms with Crippen LogP contribution in [-0.2, 0) is 11.2 Å². The lowest BCUT2D eigenvalue weighted by atomic mass is 9.85. The minimum absolute atomic E-state index is 0.267. The van der Waals surface area contributed by atoms with Crippen molar-refractivity contribution in [1.29, 1.82) is 0 Å². The topological polar surface area (TPSA) is 55.8 Å². The van der Waals surface area contributed by atoms with Crippen LogP contribution in [0.2, 0.25) is 0 Å². The van der Waals surface area contributed by atoms with E-state index >= 15 is 0 Å². The molecule has 0 saturated heterocycles. The van der Waals surface area contributed by atoms with E-state index < -0.39 is 17.6 Å². The molecule has 1 aromatic carbocycles. The number of carboxylic acids is 1. The summed E-state index contributed by atoms with van der Waals surface area (Å²) in [5, 5.41) is 9.20. The Labute approximate surface area is 118 Å². The van der Waals surface area contributed by atoms with E-state index in [1.165, 1.54) is 21.1 Å². The van der Waals surface area contributed by atoms with E-state index in [4.69, 9.17) is 9.47 Å². The van der Waals surface area contributed by atoms with Crippen molar-refractivity contribution in [3.63, 3.8) is 0 Å². The smallest absolute Gasteiger partial charge is 0.309 e. The second-order valence-corrected chi connectivity index (χ2v) is 5.39. The molecule has 1 rings (SSSR count). The summed E-state index contributed by atoms with van der Waals surface area (Å²) in [4.78, 5) is 11.2. The van der Waals surface area contributed by atoms with Gasteiger partial charge < -0.3 is 14.6 Å². The molecule has 0 aliphatic rings. The molecule has 1 atom stereocenters. The highest BCUT2D eigenvalue weighted by Gasteiger charge is 2.29. The molecule has 0 saturated carbocycles. The van der Waals surface area contributed by atoms with Gasteiger partial charge in [0.1, 0.15) is 17.7 Å². The van der Waals surface area contributed by atoms with Crippen molar-refractivity contribution in [1.82, 2.24) is 0 Å². The van der Waals surface area contributed by atoms with Gasteiger partial charge in [-0.05, 0) is 44.9 Å². The van der Waals surface area contributed by atoms with Crippen LogP contribution in [0.25, 0.3) is 0 Å². The second-order valence-electron chi connectivity index (χ2n) is 5.39. The Morgan fingerprint density at radius 1 is 1.30 bits per heavy atom. The fraction of sp³-hybridized carbons (Fsp3) is 0.533. The molecule has 0 radical (unpaired) electrons. The van der Waals surface area contributed by atoms with Gasteiger partial charge in [-0.3, -0.25) is 4.79 Å². The number of benzene rings is 1. The van der Waals surface area contributed by atoms with Gasteiger partial charge in [-0.1, -0.05) is 0 Å². The maximum atomic E-state index is 13.6. The van der Waals surface area contributed by atoms with Gasteiger partial charge in [0, 0.05) is 5.56 Å². The highest BCUT2D eigenvalue weighted by Crippen LogP contribution is 2.37. The lowest BCUT2D eigenvalue weighted by Gasteiger charge is -2.22. The fourth-order valence-electron chi connectivity index (χ4n) is 1.99. The van der Waals surface area contributed by atoms with Crippen molar-refractivity contribution in [2.24, 2.45) is 5.41 Å². The molecule has 20 heavy (non-hydrogen) atoms. The maximum Gasteiger partial charge on any atom is 0.309 e. The average Bonchev–Trinajstić information content (AvgIpc) is 2.37. The number of ether oxygens (including phenoxy) is 2. The van der Waals surface area contributed by atoms with Crippen LogP contribution >= 0.6 is 0 Å². The van der Waals surface area contributed by atoms with Gasteiger partial charge in [0.2, 0.25) is 0 Å². The first-order valence-electron chi connectivity index (χ1n) is 6.35. The van der Waals surface area contributed by atoms with E-state index in [0.29, 0.717) is 22.6 Å². The van der Waals surface area contributed by atoms with Crippen LogP contribution in [0, 0.1) is 5.41 Å². The third kappa shape index (κ3) is 3.40. The van der Waals surface area contributed by atoms with Crippen molar-refractivity contribution in [3.8, 4) is 11.5 Å². The molecule has 1 unspecified atom stereocenters. The summed E-state index contributed by atoms with van der Waals surface area (Å²) in [5.74, 6) is -0.0296. The van der Waals surface area contributed by atoms with Gasteiger partial charge in [-0.25, -0.2) is 4.39 Å². The lowest BCUT2D eigenvalue weighted by Crippen LogP contribution is -2.26. The Hall–Kier alpha value is -1.78. The van der Waals surface area contributed by atoms with Crippen LogP contribution < -0.4 is 9.47 Å². The normalized spacial score (nSPS) is 12.9. The van der Waals surface area contributed by atoms with E-state index in [9.17, 15) is 14.3 Å². The summed E-state index contributed by atoms with van der Waals surface area (Å²) in [6.07, 6.45) is -0.927. The fourth-order valence-corrected chi connectivity index (χ4v) is 1.99. The van der Waals surface area contributed by atoms with Crippen molar-refractivity contribution < 1.29 is 23.8 Å². The summed E-state index contributed by atoms with van der Waals surface area (Å²) in [7, 11) is 2.94. The Morgan fingerprint density at radius 2 is 1.85 bits per heavy atom. The van der Waals surface area contributed by atoms with Crippen LogP contribution in [0.5, 0.6) is 11.5 Å². The van der Waals surface area contributed by atoms with Crippen molar-refractivity contribution >= 4 is 5.97 Å². The second kappa shape index (κ2) is 6.11. The monoisotopic (exact) mass is 284 g/mol. The summed E-state index contributed by atoms with van der Waals surface area (Å²) in [6, 6.07) is 3.21. The van der Waals surface area contributed by atoms with Gasteiger partial charge in [0.25, 0.3) is 0 Å². The average molecular weight is 284 g/mol. The third-order valence-electron chi connectivity index (χ3n) is 3.27. The minimum Gasteiger partial charge on any atom is -0.496 e. The van der Waals surface area contributed by atoms with Gasteiger partial charge in [-0.2, -0.15) is 0 Å². The first-order valence-corrected chi connectivity index (χ1v) is 6.35. The number of methoxy groups -OCH3 is 2. The number of rotatable bonds is 6. The van der Waals surface area contributed by atoms with E-state index in [-0.39, 0.29) is 6.42 Å². The Morgan fingerprint density at radius 3 is 2.25 bits per heavy atom. The first-order chi connectivity index (χ1) is 9.22. The quantitative estimate of drug-likeness (QED) is 0.870. The zero-order valence-corrected chi connectivity index (χ0v) is 12.5. The number of carbonyl (C=O) groups is 1. The van der Waals surface area contributed by atoms with Gasteiger partial charge in [-0.15, -0.1) is 0 Å². The molecule has 0 fully saturated rings. The first kappa shape index (κ1) is 16.3. The predicted octanol–water partition coefficient (Wildman–Crippen LogP) is 3.39. The number of carboxylic acid groups (broad SMARTS) is 1. The van der Waals surface area contributed by atoms with E-state index in [1.54, 1.807) is 26.0 Å². The molecule has 0 aliphatic carbocycles. The maximum absolute atomic E-state index is 13.6. The van der Waals surface area contributed by atoms with Crippen LogP contribution in [0.15, 0.2) is 12.1 Å². The highest BCUT2D eigenvalue weighted by atomic mass is 19.1. The van der Waals surface area contributed by atoms with Crippen LogP contribution in [0.1, 0.15) is 38.1 Å². The third-order valence-corrected chi connectivity index (χ3v) is 3.27. The zero-order valence-electron chi connectivity index (χ0n) is 12.5. The number of hydrogen-bond donors (Lipinski definition) is 1. The summed E-state index contributed by atoms with van der Waals surface area (Å²) in [6.45, 7) is 4.68. The molecular weight excluding hydrogens is 263 g/mol. The summed E-state index contributed by atoms with van der Waals surface area (Å²) < 4.78 is 24.0. The Bertz CT molecular complexity index is 495. The summed E-state index contributed by atoms with van der Waals surface area (Å²) >= 11 is 0. The summed E-state index contributed by atoms with van der Waals surface area (Å²) in [5.41, 5.74) is 0.128. The number of alkyl halides is 1. The number of aliphatic carboxylic acids is 1. The van der Waals surface area contributed by atoms with Gasteiger partial charge in [0.15, 0.2) is 0 Å². The molecule has 0 aliphatic heterocycles. The number of halogens is 1. The Balaban J connectivity index is 3.29. The molecule has 1 N–H and O–H groups in total. The molecule has 4 nitrogen and oxygen atoms in total. The van der Waals surface area contributed by atoms with Crippen LogP contribution in [-0.4, -0.2) is 25.3 Å². The molecule has 0 amide bonds.